The molecule has 26 heavy (non-hydrogen) atoms. The van der Waals surface area contributed by atoms with E-state index < -0.39 is 4.92 Å². The molecule has 0 aromatic heterocycles. The molecule has 0 bridgehead atoms. The first kappa shape index (κ1) is 17.4. The van der Waals surface area contributed by atoms with Crippen LogP contribution in [0.5, 0.6) is 17.2 Å². The molecular weight excluding hydrogens is 360 g/mol. The van der Waals surface area contributed by atoms with E-state index in [0.717, 1.165) is 0 Å². The second-order valence-electron chi connectivity index (χ2n) is 5.05. The van der Waals surface area contributed by atoms with Crippen LogP contribution >= 0.6 is 12.2 Å². The number of rotatable bonds is 5. The maximum Gasteiger partial charge on any atom is 0.282 e. The number of fused-ring (bicyclic) bond motifs is 1. The van der Waals surface area contributed by atoms with E-state index in [-0.39, 0.29) is 23.2 Å². The third kappa shape index (κ3) is 3.81. The van der Waals surface area contributed by atoms with Gasteiger partial charge in [-0.05, 0) is 30.4 Å². The topological polar surface area (TPSA) is 107 Å². The van der Waals surface area contributed by atoms with Gasteiger partial charge in [-0.1, -0.05) is 12.1 Å². The first-order valence-corrected chi connectivity index (χ1v) is 7.80. The zero-order valence-corrected chi connectivity index (χ0v) is 14.4. The number of nitro benzene ring substituents is 1. The van der Waals surface area contributed by atoms with E-state index in [2.05, 4.69) is 15.8 Å². The lowest BCUT2D eigenvalue weighted by atomic mass is 10.1. The Hall–Kier alpha value is -3.40. The number of nitro groups is 1. The van der Waals surface area contributed by atoms with Crippen LogP contribution in [0.4, 0.5) is 11.4 Å². The van der Waals surface area contributed by atoms with E-state index in [0.29, 0.717) is 22.9 Å². The molecule has 2 aromatic rings. The van der Waals surface area contributed by atoms with Crippen molar-refractivity contribution < 1.29 is 19.1 Å². The van der Waals surface area contributed by atoms with Crippen LogP contribution in [-0.4, -0.2) is 30.2 Å². The number of hydrogen-bond donors (Lipinski definition) is 2. The number of nitrogens with zero attached hydrogens (tertiary/aromatic N) is 2. The number of benzene rings is 2. The van der Waals surface area contributed by atoms with Gasteiger partial charge in [0.1, 0.15) is 5.75 Å². The van der Waals surface area contributed by atoms with Gasteiger partial charge in [0.05, 0.1) is 35.6 Å². The zero-order valence-electron chi connectivity index (χ0n) is 13.6. The predicted octanol–water partition coefficient (Wildman–Crippen LogP) is 2.65. The molecule has 10 heteroatoms. The smallest absolute Gasteiger partial charge is 0.282 e. The van der Waals surface area contributed by atoms with E-state index in [1.54, 1.807) is 19.2 Å². The molecule has 134 valence electrons. The van der Waals surface area contributed by atoms with Crippen LogP contribution in [-0.2, 0) is 0 Å². The van der Waals surface area contributed by atoms with Gasteiger partial charge >= 0.3 is 0 Å². The summed E-state index contributed by atoms with van der Waals surface area (Å²) in [6.45, 7) is 0.0260. The first-order chi connectivity index (χ1) is 12.6. The number of hydrogen-bond acceptors (Lipinski definition) is 7. The maximum absolute atomic E-state index is 11.2. The fourth-order valence-corrected chi connectivity index (χ4v) is 2.43. The number of para-hydroxylation sites is 2. The summed E-state index contributed by atoms with van der Waals surface area (Å²) in [5.74, 6) is 1.37. The minimum atomic E-state index is -0.519. The van der Waals surface area contributed by atoms with Crippen molar-refractivity contribution in [3.63, 3.8) is 0 Å². The molecular formula is C16H14N4O5S. The van der Waals surface area contributed by atoms with Crippen molar-refractivity contribution in [1.82, 2.24) is 5.43 Å². The van der Waals surface area contributed by atoms with Crippen molar-refractivity contribution >= 4 is 34.9 Å². The van der Waals surface area contributed by atoms with Crippen LogP contribution in [0.15, 0.2) is 41.5 Å². The van der Waals surface area contributed by atoms with Crippen LogP contribution < -0.4 is 25.0 Å². The summed E-state index contributed by atoms with van der Waals surface area (Å²) in [6, 6.07) is 10.0. The monoisotopic (exact) mass is 374 g/mol. The van der Waals surface area contributed by atoms with Crippen LogP contribution in [0.3, 0.4) is 0 Å². The second-order valence-corrected chi connectivity index (χ2v) is 5.45. The third-order valence-electron chi connectivity index (χ3n) is 3.44. The zero-order chi connectivity index (χ0) is 18.5. The standard InChI is InChI=1S/C16H14N4O5S/c1-23-13-5-3-2-4-11(13)18-16(26)19-17-8-10-6-14-15(25-9-24-14)7-12(10)20(21)22/h2-8H,9H2,1H3,(H2,18,19,26)/b17-8+. The molecule has 0 unspecified atom stereocenters. The largest absolute Gasteiger partial charge is 0.495 e. The Kier molecular flexibility index (Phi) is 5.13. The Morgan fingerprint density at radius 1 is 1.35 bits per heavy atom. The average molecular weight is 374 g/mol. The molecule has 0 spiro atoms. The summed E-state index contributed by atoms with van der Waals surface area (Å²) in [6.07, 6.45) is 1.29. The van der Waals surface area contributed by atoms with Gasteiger partial charge in [0.2, 0.25) is 6.79 Å². The van der Waals surface area contributed by atoms with Crippen molar-refractivity contribution in [1.29, 1.82) is 0 Å². The summed E-state index contributed by atoms with van der Waals surface area (Å²) in [5, 5.41) is 18.3. The molecule has 0 fully saturated rings. The minimum absolute atomic E-state index is 0.0260. The highest BCUT2D eigenvalue weighted by atomic mass is 32.1. The van der Waals surface area contributed by atoms with Crippen molar-refractivity contribution in [3.8, 4) is 17.2 Å². The van der Waals surface area contributed by atoms with E-state index in [4.69, 9.17) is 26.4 Å². The fraction of sp³-hybridized carbons (Fsp3) is 0.125. The molecule has 3 rings (SSSR count). The van der Waals surface area contributed by atoms with Crippen LogP contribution in [0.25, 0.3) is 0 Å². The van der Waals surface area contributed by atoms with Gasteiger partial charge in [-0.3, -0.25) is 15.5 Å². The molecule has 0 saturated heterocycles. The SMILES string of the molecule is COc1ccccc1NC(=S)N/N=C/c1cc2c(cc1[N+](=O)[O-])OCO2. The predicted molar refractivity (Wildman–Crippen MR) is 99.2 cm³/mol. The Labute approximate surface area is 153 Å². The molecule has 0 aliphatic carbocycles. The van der Waals surface area contributed by atoms with E-state index in [9.17, 15) is 10.1 Å². The Morgan fingerprint density at radius 3 is 2.81 bits per heavy atom. The first-order valence-electron chi connectivity index (χ1n) is 7.39. The van der Waals surface area contributed by atoms with Gasteiger partial charge in [0.15, 0.2) is 16.6 Å². The molecule has 0 saturated carbocycles. The van der Waals surface area contributed by atoms with Crippen molar-refractivity contribution in [3.05, 3.63) is 52.1 Å². The van der Waals surface area contributed by atoms with E-state index >= 15 is 0 Å². The Bertz CT molecular complexity index is 887. The fourth-order valence-electron chi connectivity index (χ4n) is 2.27. The molecule has 1 heterocycles. The lowest BCUT2D eigenvalue weighted by molar-refractivity contribution is -0.385. The number of anilines is 1. The number of ether oxygens (including phenoxy) is 3. The van der Waals surface area contributed by atoms with Gasteiger partial charge in [-0.2, -0.15) is 5.10 Å². The van der Waals surface area contributed by atoms with Gasteiger partial charge in [0, 0.05) is 0 Å². The second kappa shape index (κ2) is 7.66. The molecule has 2 aromatic carbocycles. The maximum atomic E-state index is 11.2. The van der Waals surface area contributed by atoms with Crippen molar-refractivity contribution in [2.24, 2.45) is 5.10 Å². The van der Waals surface area contributed by atoms with Crippen LogP contribution in [0, 0.1) is 10.1 Å². The number of methoxy groups -OCH3 is 1. The summed E-state index contributed by atoms with van der Waals surface area (Å²) in [7, 11) is 1.55. The lowest BCUT2D eigenvalue weighted by Gasteiger charge is -2.10. The number of hydrazone groups is 1. The van der Waals surface area contributed by atoms with Crippen LogP contribution in [0.1, 0.15) is 5.56 Å². The van der Waals surface area contributed by atoms with Gasteiger partial charge < -0.3 is 19.5 Å². The molecule has 9 nitrogen and oxygen atoms in total. The molecule has 1 aliphatic rings. The Balaban J connectivity index is 1.70. The molecule has 0 amide bonds. The van der Waals surface area contributed by atoms with Crippen LogP contribution in [0.2, 0.25) is 0 Å². The quantitative estimate of drug-likeness (QED) is 0.356. The Morgan fingerprint density at radius 2 is 2.08 bits per heavy atom. The van der Waals surface area contributed by atoms with Gasteiger partial charge in [-0.25, -0.2) is 0 Å². The van der Waals surface area contributed by atoms with E-state index in [1.165, 1.54) is 18.3 Å². The van der Waals surface area contributed by atoms with Crippen molar-refractivity contribution in [2.45, 2.75) is 0 Å². The highest BCUT2D eigenvalue weighted by Crippen LogP contribution is 2.37. The average Bonchev–Trinajstić information content (AvgIpc) is 3.08. The lowest BCUT2D eigenvalue weighted by Crippen LogP contribution is -2.24. The third-order valence-corrected chi connectivity index (χ3v) is 3.64. The number of nitrogens with one attached hydrogen (secondary N) is 2. The highest BCUT2D eigenvalue weighted by molar-refractivity contribution is 7.80. The molecule has 1 aliphatic heterocycles. The molecule has 2 N–H and O–H groups in total. The number of thiocarbonyl (C=S) groups is 1. The molecule has 0 atom stereocenters. The van der Waals surface area contributed by atoms with Gasteiger partial charge in [-0.15, -0.1) is 0 Å². The summed E-state index contributed by atoms with van der Waals surface area (Å²) < 4.78 is 15.6. The highest BCUT2D eigenvalue weighted by Gasteiger charge is 2.22. The molecule has 0 radical (unpaired) electrons. The van der Waals surface area contributed by atoms with Gasteiger partial charge in [0.25, 0.3) is 5.69 Å². The minimum Gasteiger partial charge on any atom is -0.495 e. The normalized spacial score (nSPS) is 12.0. The van der Waals surface area contributed by atoms with E-state index in [1.807, 2.05) is 12.1 Å². The summed E-state index contributed by atoms with van der Waals surface area (Å²) in [5.41, 5.74) is 3.37. The van der Waals surface area contributed by atoms with Crippen molar-refractivity contribution in [2.75, 3.05) is 19.2 Å². The summed E-state index contributed by atoms with van der Waals surface area (Å²) >= 11 is 5.15. The summed E-state index contributed by atoms with van der Waals surface area (Å²) in [4.78, 5) is 10.7.